The molecule has 0 radical (unpaired) electrons. The van der Waals surface area contributed by atoms with Crippen molar-refractivity contribution in [3.8, 4) is 0 Å². The Morgan fingerprint density at radius 1 is 0.917 bits per heavy atom. The van der Waals surface area contributed by atoms with Crippen molar-refractivity contribution in [2.24, 2.45) is 0 Å². The lowest BCUT2D eigenvalue weighted by Gasteiger charge is -2.31. The molecule has 1 atom stereocenters. The number of ether oxygens (including phenoxy) is 1. The van der Waals surface area contributed by atoms with Gasteiger partial charge in [0.05, 0.1) is 6.61 Å². The third-order valence-corrected chi connectivity index (χ3v) is 4.44. The maximum Gasteiger partial charge on any atom is 0.333 e. The van der Waals surface area contributed by atoms with Gasteiger partial charge in [0.15, 0.2) is 0 Å². The number of hydrogen-bond acceptors (Lipinski definition) is 3. The van der Waals surface area contributed by atoms with Crippen LogP contribution in [0.1, 0.15) is 91.9 Å². The molecule has 0 aromatic carbocycles. The van der Waals surface area contributed by atoms with Gasteiger partial charge in [-0.3, -0.25) is 0 Å². The molecular formula is C21H41NO2. The summed E-state index contributed by atoms with van der Waals surface area (Å²) in [6.45, 7) is 15.0. The van der Waals surface area contributed by atoms with Gasteiger partial charge in [-0.2, -0.15) is 0 Å². The van der Waals surface area contributed by atoms with Crippen molar-refractivity contribution in [1.82, 2.24) is 4.90 Å². The van der Waals surface area contributed by atoms with Crippen molar-refractivity contribution in [2.75, 3.05) is 19.7 Å². The summed E-state index contributed by atoms with van der Waals surface area (Å²) in [5.74, 6) is -0.259. The highest BCUT2D eigenvalue weighted by atomic mass is 16.5. The molecule has 0 rings (SSSR count). The van der Waals surface area contributed by atoms with E-state index in [2.05, 4.69) is 32.3 Å². The molecule has 0 aliphatic heterocycles. The van der Waals surface area contributed by atoms with E-state index in [9.17, 15) is 4.79 Å². The van der Waals surface area contributed by atoms with E-state index in [1.165, 1.54) is 64.5 Å². The highest BCUT2D eigenvalue weighted by molar-refractivity contribution is 5.86. The molecule has 0 aromatic rings. The van der Waals surface area contributed by atoms with Gasteiger partial charge >= 0.3 is 5.97 Å². The number of esters is 1. The average Bonchev–Trinajstić information content (AvgIpc) is 2.56. The molecule has 0 saturated heterocycles. The van der Waals surface area contributed by atoms with E-state index in [1.54, 1.807) is 6.92 Å². The van der Waals surface area contributed by atoms with Crippen LogP contribution >= 0.6 is 0 Å². The summed E-state index contributed by atoms with van der Waals surface area (Å²) < 4.78 is 5.25. The summed E-state index contributed by atoms with van der Waals surface area (Å²) in [7, 11) is 0. The van der Waals surface area contributed by atoms with E-state index in [0.717, 1.165) is 12.8 Å². The first-order valence-corrected chi connectivity index (χ1v) is 10.1. The molecule has 0 aliphatic rings. The van der Waals surface area contributed by atoms with Crippen LogP contribution in [0.25, 0.3) is 0 Å². The van der Waals surface area contributed by atoms with Crippen molar-refractivity contribution in [3.05, 3.63) is 12.2 Å². The number of carbonyl (C=O) groups excluding carboxylic acids is 1. The second-order valence-corrected chi connectivity index (χ2v) is 6.95. The van der Waals surface area contributed by atoms with E-state index in [0.29, 0.717) is 18.2 Å². The van der Waals surface area contributed by atoms with Gasteiger partial charge in [-0.15, -0.1) is 0 Å². The molecule has 24 heavy (non-hydrogen) atoms. The predicted molar refractivity (Wildman–Crippen MR) is 104 cm³/mol. The molecule has 1 unspecified atom stereocenters. The van der Waals surface area contributed by atoms with Crippen LogP contribution in [0.5, 0.6) is 0 Å². The molecule has 0 N–H and O–H groups in total. The standard InChI is InChI=1S/C21H41NO2/c1-6-9-10-11-12-14-20(22(16-7-2)17-8-3)15-13-18-24-21(23)19(4)5/h20H,4,6-18H2,1-3,5H3. The fourth-order valence-corrected chi connectivity index (χ4v) is 3.15. The molecule has 0 spiro atoms. The number of unbranched alkanes of at least 4 members (excludes halogenated alkanes) is 4. The zero-order chi connectivity index (χ0) is 18.2. The van der Waals surface area contributed by atoms with E-state index in [1.807, 2.05) is 0 Å². The largest absolute Gasteiger partial charge is 0.462 e. The molecule has 0 bridgehead atoms. The Bertz CT molecular complexity index is 322. The zero-order valence-corrected chi connectivity index (χ0v) is 16.7. The molecule has 3 nitrogen and oxygen atoms in total. The molecule has 0 amide bonds. The molecule has 0 fully saturated rings. The molecule has 0 aliphatic carbocycles. The monoisotopic (exact) mass is 339 g/mol. The molecule has 0 saturated carbocycles. The Morgan fingerprint density at radius 3 is 2.04 bits per heavy atom. The van der Waals surface area contributed by atoms with Gasteiger partial charge in [0, 0.05) is 11.6 Å². The van der Waals surface area contributed by atoms with Gasteiger partial charge in [-0.25, -0.2) is 4.79 Å². The van der Waals surface area contributed by atoms with Crippen LogP contribution in [0.2, 0.25) is 0 Å². The minimum absolute atomic E-state index is 0.259. The normalized spacial score (nSPS) is 12.4. The minimum Gasteiger partial charge on any atom is -0.462 e. The van der Waals surface area contributed by atoms with Crippen LogP contribution in [0.4, 0.5) is 0 Å². The first-order valence-electron chi connectivity index (χ1n) is 10.1. The SMILES string of the molecule is C=C(C)C(=O)OCCCC(CCCCCCC)N(CCC)CCC. The number of nitrogens with zero attached hydrogens (tertiary/aromatic N) is 1. The van der Waals surface area contributed by atoms with Crippen LogP contribution < -0.4 is 0 Å². The van der Waals surface area contributed by atoms with Crippen LogP contribution in [0.15, 0.2) is 12.2 Å². The highest BCUT2D eigenvalue weighted by Crippen LogP contribution is 2.17. The topological polar surface area (TPSA) is 29.5 Å². The van der Waals surface area contributed by atoms with Crippen molar-refractivity contribution in [1.29, 1.82) is 0 Å². The van der Waals surface area contributed by atoms with E-state index < -0.39 is 0 Å². The smallest absolute Gasteiger partial charge is 0.333 e. The van der Waals surface area contributed by atoms with Gasteiger partial charge < -0.3 is 9.64 Å². The summed E-state index contributed by atoms with van der Waals surface area (Å²) in [6, 6.07) is 0.634. The summed E-state index contributed by atoms with van der Waals surface area (Å²) >= 11 is 0. The van der Waals surface area contributed by atoms with Crippen molar-refractivity contribution < 1.29 is 9.53 Å². The lowest BCUT2D eigenvalue weighted by Crippen LogP contribution is -2.37. The second kappa shape index (κ2) is 15.7. The van der Waals surface area contributed by atoms with E-state index >= 15 is 0 Å². The van der Waals surface area contributed by atoms with Crippen LogP contribution in [0.3, 0.4) is 0 Å². The van der Waals surface area contributed by atoms with Gasteiger partial charge in [-0.1, -0.05) is 59.5 Å². The molecular weight excluding hydrogens is 298 g/mol. The molecule has 0 heterocycles. The fraction of sp³-hybridized carbons (Fsp3) is 0.857. The van der Waals surface area contributed by atoms with Crippen LogP contribution in [-0.4, -0.2) is 36.6 Å². The Kier molecular flexibility index (Phi) is 15.1. The Hall–Kier alpha value is -0.830. The van der Waals surface area contributed by atoms with Crippen molar-refractivity contribution in [2.45, 2.75) is 97.9 Å². The summed E-state index contributed by atoms with van der Waals surface area (Å²) in [5.41, 5.74) is 0.487. The third kappa shape index (κ3) is 11.7. The third-order valence-electron chi connectivity index (χ3n) is 4.44. The average molecular weight is 340 g/mol. The van der Waals surface area contributed by atoms with Crippen molar-refractivity contribution >= 4 is 5.97 Å². The first-order chi connectivity index (χ1) is 11.6. The number of hydrogen-bond donors (Lipinski definition) is 0. The Balaban J connectivity index is 4.32. The lowest BCUT2D eigenvalue weighted by molar-refractivity contribution is -0.139. The van der Waals surface area contributed by atoms with E-state index in [4.69, 9.17) is 4.74 Å². The predicted octanol–water partition coefficient (Wildman–Crippen LogP) is 5.74. The van der Waals surface area contributed by atoms with Gasteiger partial charge in [0.25, 0.3) is 0 Å². The quantitative estimate of drug-likeness (QED) is 0.204. The highest BCUT2D eigenvalue weighted by Gasteiger charge is 2.17. The summed E-state index contributed by atoms with van der Waals surface area (Å²) in [4.78, 5) is 14.1. The zero-order valence-electron chi connectivity index (χ0n) is 16.7. The molecule has 0 aromatic heterocycles. The molecule has 3 heteroatoms. The Labute approximate surface area is 150 Å². The lowest BCUT2D eigenvalue weighted by atomic mass is 10.0. The van der Waals surface area contributed by atoms with Gasteiger partial charge in [-0.05, 0) is 52.1 Å². The maximum atomic E-state index is 11.5. The Morgan fingerprint density at radius 2 is 1.50 bits per heavy atom. The van der Waals surface area contributed by atoms with E-state index in [-0.39, 0.29) is 5.97 Å². The van der Waals surface area contributed by atoms with Crippen LogP contribution in [0, 0.1) is 0 Å². The first kappa shape index (κ1) is 23.2. The fourth-order valence-electron chi connectivity index (χ4n) is 3.15. The second-order valence-electron chi connectivity index (χ2n) is 6.95. The maximum absolute atomic E-state index is 11.5. The summed E-state index contributed by atoms with van der Waals surface area (Å²) in [6.07, 6.45) is 12.4. The van der Waals surface area contributed by atoms with Gasteiger partial charge in [0.2, 0.25) is 0 Å². The molecule has 142 valence electrons. The van der Waals surface area contributed by atoms with Crippen LogP contribution in [-0.2, 0) is 9.53 Å². The van der Waals surface area contributed by atoms with Crippen molar-refractivity contribution in [3.63, 3.8) is 0 Å². The number of rotatable bonds is 16. The van der Waals surface area contributed by atoms with Gasteiger partial charge in [0.1, 0.15) is 0 Å². The number of carbonyl (C=O) groups is 1. The minimum atomic E-state index is -0.259. The summed E-state index contributed by atoms with van der Waals surface area (Å²) in [5, 5.41) is 0.